The van der Waals surface area contributed by atoms with Crippen LogP contribution in [-0.4, -0.2) is 34.4 Å². The summed E-state index contributed by atoms with van der Waals surface area (Å²) >= 11 is 6.40. The molecule has 1 aliphatic rings. The minimum Gasteiger partial charge on any atom is -0.379 e. The number of ether oxygens (including phenoxy) is 1. The van der Waals surface area contributed by atoms with Gasteiger partial charge >= 0.3 is 0 Å². The van der Waals surface area contributed by atoms with Gasteiger partial charge in [0.05, 0.1) is 24.4 Å². The number of rotatable bonds is 7. The van der Waals surface area contributed by atoms with Crippen LogP contribution in [-0.2, 0) is 11.3 Å². The van der Waals surface area contributed by atoms with Crippen molar-refractivity contribution in [1.29, 1.82) is 0 Å². The molecule has 3 rings (SSSR count). The van der Waals surface area contributed by atoms with Crippen LogP contribution in [0, 0.1) is 6.92 Å². The third kappa shape index (κ3) is 4.10. The lowest BCUT2D eigenvalue weighted by Gasteiger charge is -2.20. The van der Waals surface area contributed by atoms with Gasteiger partial charge in [-0.25, -0.2) is 4.98 Å². The van der Waals surface area contributed by atoms with E-state index in [0.717, 1.165) is 36.2 Å². The summed E-state index contributed by atoms with van der Waals surface area (Å²) in [6.07, 6.45) is 5.11. The number of hydrogen-bond acceptors (Lipinski definition) is 7. The largest absolute Gasteiger partial charge is 0.379 e. The van der Waals surface area contributed by atoms with Crippen molar-refractivity contribution in [2.45, 2.75) is 64.6 Å². The van der Waals surface area contributed by atoms with Crippen molar-refractivity contribution in [2.24, 2.45) is 0 Å². The van der Waals surface area contributed by atoms with E-state index in [1.54, 1.807) is 13.4 Å². The molecule has 0 unspecified atom stereocenters. The van der Waals surface area contributed by atoms with Gasteiger partial charge in [0.2, 0.25) is 5.95 Å². The normalized spacial score (nSPS) is 19.9. The summed E-state index contributed by atoms with van der Waals surface area (Å²) in [7, 11) is 1.75. The van der Waals surface area contributed by atoms with E-state index in [1.165, 1.54) is 0 Å². The standard InChI is InChI=1S/C18H26ClN5O2/c1-10(2)12-9-26-24-14(12)8-20-17-16(19)11(3)21-18(23-17)22-13-6-5-7-15(13)25-4/h9-10,13,15H,5-8H2,1-4H3,(H2,20,21,22,23)/t13-,15-/m1/s1. The van der Waals surface area contributed by atoms with Crippen LogP contribution in [0.5, 0.6) is 0 Å². The molecule has 0 aliphatic heterocycles. The third-order valence-corrected chi connectivity index (χ3v) is 5.26. The van der Waals surface area contributed by atoms with Crippen molar-refractivity contribution in [2.75, 3.05) is 17.7 Å². The molecule has 2 heterocycles. The Balaban J connectivity index is 1.74. The zero-order chi connectivity index (χ0) is 18.7. The maximum Gasteiger partial charge on any atom is 0.225 e. The highest BCUT2D eigenvalue weighted by molar-refractivity contribution is 6.33. The summed E-state index contributed by atoms with van der Waals surface area (Å²) in [5.74, 6) is 1.49. The van der Waals surface area contributed by atoms with Crippen LogP contribution >= 0.6 is 11.6 Å². The number of nitrogens with zero attached hydrogens (tertiary/aromatic N) is 3. The zero-order valence-electron chi connectivity index (χ0n) is 15.7. The Morgan fingerprint density at radius 1 is 1.35 bits per heavy atom. The molecule has 0 amide bonds. The van der Waals surface area contributed by atoms with Gasteiger partial charge in [0.15, 0.2) is 5.82 Å². The second-order valence-electron chi connectivity index (χ2n) is 6.98. The van der Waals surface area contributed by atoms with Gasteiger partial charge in [0.1, 0.15) is 17.0 Å². The number of nitrogens with one attached hydrogen (secondary N) is 2. The van der Waals surface area contributed by atoms with E-state index < -0.39 is 0 Å². The lowest BCUT2D eigenvalue weighted by Crippen LogP contribution is -2.30. The van der Waals surface area contributed by atoms with E-state index in [1.807, 2.05) is 6.92 Å². The van der Waals surface area contributed by atoms with Crippen LogP contribution in [0.1, 0.15) is 56.0 Å². The summed E-state index contributed by atoms with van der Waals surface area (Å²) < 4.78 is 10.6. The van der Waals surface area contributed by atoms with Crippen molar-refractivity contribution < 1.29 is 9.26 Å². The molecule has 2 aromatic heterocycles. The summed E-state index contributed by atoms with van der Waals surface area (Å²) in [4.78, 5) is 9.03. The van der Waals surface area contributed by atoms with Crippen LogP contribution in [0.25, 0.3) is 0 Å². The molecule has 1 saturated carbocycles. The minimum absolute atomic E-state index is 0.190. The van der Waals surface area contributed by atoms with E-state index in [9.17, 15) is 0 Å². The van der Waals surface area contributed by atoms with Gasteiger partial charge in [-0.2, -0.15) is 4.98 Å². The van der Waals surface area contributed by atoms with E-state index in [-0.39, 0.29) is 12.1 Å². The molecule has 26 heavy (non-hydrogen) atoms. The summed E-state index contributed by atoms with van der Waals surface area (Å²) in [6, 6.07) is 0.219. The number of methoxy groups -OCH3 is 1. The van der Waals surface area contributed by atoms with E-state index in [0.29, 0.717) is 29.3 Å². The molecule has 0 aromatic carbocycles. The van der Waals surface area contributed by atoms with E-state index >= 15 is 0 Å². The Bertz CT molecular complexity index is 749. The average molecular weight is 380 g/mol. The molecule has 7 nitrogen and oxygen atoms in total. The van der Waals surface area contributed by atoms with Gasteiger partial charge < -0.3 is 19.9 Å². The molecule has 2 atom stereocenters. The fourth-order valence-corrected chi connectivity index (χ4v) is 3.47. The fraction of sp³-hybridized carbons (Fsp3) is 0.611. The molecule has 2 aromatic rings. The Hall–Kier alpha value is -1.86. The Morgan fingerprint density at radius 2 is 2.15 bits per heavy atom. The molecule has 2 N–H and O–H groups in total. The van der Waals surface area contributed by atoms with Crippen LogP contribution in [0.3, 0.4) is 0 Å². The Kier molecular flexibility index (Phi) is 5.98. The van der Waals surface area contributed by atoms with Gasteiger partial charge in [-0.05, 0) is 32.1 Å². The van der Waals surface area contributed by atoms with Crippen LogP contribution in [0.15, 0.2) is 10.8 Å². The lowest BCUT2D eigenvalue weighted by molar-refractivity contribution is 0.101. The lowest BCUT2D eigenvalue weighted by atomic mass is 10.0. The predicted octanol–water partition coefficient (Wildman–Crippen LogP) is 4.14. The van der Waals surface area contributed by atoms with E-state index in [2.05, 4.69) is 39.6 Å². The predicted molar refractivity (Wildman–Crippen MR) is 102 cm³/mol. The van der Waals surface area contributed by atoms with Crippen molar-refractivity contribution in [1.82, 2.24) is 15.1 Å². The fourth-order valence-electron chi connectivity index (χ4n) is 3.32. The first-order valence-electron chi connectivity index (χ1n) is 9.00. The zero-order valence-corrected chi connectivity index (χ0v) is 16.4. The Morgan fingerprint density at radius 3 is 2.88 bits per heavy atom. The van der Waals surface area contributed by atoms with Crippen molar-refractivity contribution in [3.8, 4) is 0 Å². The molecular weight excluding hydrogens is 354 g/mol. The summed E-state index contributed by atoms with van der Waals surface area (Å²) in [5.41, 5.74) is 2.66. The highest BCUT2D eigenvalue weighted by atomic mass is 35.5. The first-order valence-corrected chi connectivity index (χ1v) is 9.37. The first-order chi connectivity index (χ1) is 12.5. The number of anilines is 2. The van der Waals surface area contributed by atoms with Crippen LogP contribution in [0.4, 0.5) is 11.8 Å². The molecule has 142 valence electrons. The molecule has 0 radical (unpaired) electrons. The van der Waals surface area contributed by atoms with Gasteiger partial charge in [0.25, 0.3) is 0 Å². The Labute approximate surface area is 158 Å². The number of hydrogen-bond donors (Lipinski definition) is 2. The number of aryl methyl sites for hydroxylation is 1. The highest BCUT2D eigenvalue weighted by Crippen LogP contribution is 2.28. The molecule has 0 spiro atoms. The molecule has 0 bridgehead atoms. The van der Waals surface area contributed by atoms with Gasteiger partial charge in [-0.1, -0.05) is 30.6 Å². The average Bonchev–Trinajstić information content (AvgIpc) is 3.25. The monoisotopic (exact) mass is 379 g/mol. The summed E-state index contributed by atoms with van der Waals surface area (Å²) in [6.45, 7) is 6.57. The summed E-state index contributed by atoms with van der Waals surface area (Å²) in [5, 5.41) is 11.2. The van der Waals surface area contributed by atoms with Gasteiger partial charge in [-0.15, -0.1) is 0 Å². The quantitative estimate of drug-likeness (QED) is 0.747. The first kappa shape index (κ1) is 18.9. The van der Waals surface area contributed by atoms with Crippen LogP contribution in [0.2, 0.25) is 5.02 Å². The second-order valence-corrected chi connectivity index (χ2v) is 7.35. The second kappa shape index (κ2) is 8.22. The van der Waals surface area contributed by atoms with Crippen molar-refractivity contribution in [3.63, 3.8) is 0 Å². The number of aromatic nitrogens is 3. The third-order valence-electron chi connectivity index (χ3n) is 4.81. The van der Waals surface area contributed by atoms with Crippen LogP contribution < -0.4 is 10.6 Å². The molecular formula is C18H26ClN5O2. The van der Waals surface area contributed by atoms with Crippen molar-refractivity contribution in [3.05, 3.63) is 28.2 Å². The SMILES string of the molecule is CO[C@@H]1CCC[C@H]1Nc1nc(C)c(Cl)c(NCc2nocc2C(C)C)n1. The molecule has 0 saturated heterocycles. The molecule has 1 fully saturated rings. The molecule has 8 heteroatoms. The topological polar surface area (TPSA) is 85.1 Å². The molecule has 1 aliphatic carbocycles. The maximum absolute atomic E-state index is 6.40. The van der Waals surface area contributed by atoms with Gasteiger partial charge in [0, 0.05) is 12.7 Å². The van der Waals surface area contributed by atoms with Gasteiger partial charge in [-0.3, -0.25) is 0 Å². The number of halogens is 1. The highest BCUT2D eigenvalue weighted by Gasteiger charge is 2.28. The van der Waals surface area contributed by atoms with E-state index in [4.69, 9.17) is 20.9 Å². The minimum atomic E-state index is 0.190. The smallest absolute Gasteiger partial charge is 0.225 e. The maximum atomic E-state index is 6.40. The van der Waals surface area contributed by atoms with Crippen molar-refractivity contribution >= 4 is 23.4 Å².